The van der Waals surface area contributed by atoms with Crippen molar-refractivity contribution in [1.82, 2.24) is 15.0 Å². The second-order valence-electron chi connectivity index (χ2n) is 5.46. The molecule has 1 atom stereocenters. The third kappa shape index (κ3) is 3.05. The van der Waals surface area contributed by atoms with E-state index < -0.39 is 11.7 Å². The average molecular weight is 318 g/mol. The molecule has 1 aromatic carbocycles. The number of rotatable bonds is 3. The maximum Gasteiger partial charge on any atom is 0.230 e. The van der Waals surface area contributed by atoms with Gasteiger partial charge in [-0.2, -0.15) is 4.98 Å². The van der Waals surface area contributed by atoms with Crippen molar-refractivity contribution >= 4 is 17.5 Å². The maximum absolute atomic E-state index is 13.5. The number of aryl methyl sites for hydroxylation is 1. The first kappa shape index (κ1) is 15.1. The lowest BCUT2D eigenvalue weighted by atomic mass is 9.89. The smallest absolute Gasteiger partial charge is 0.230 e. The molecule has 120 valence electrons. The molecule has 0 fully saturated rings. The van der Waals surface area contributed by atoms with E-state index in [9.17, 15) is 14.0 Å². The number of hydrogen-bond donors (Lipinski definition) is 1. The number of fused-ring (bicyclic) bond motifs is 1. The molecule has 0 aliphatic carbocycles. The molecular weight excluding hydrogens is 303 g/mol. The number of likely N-dealkylation sites (N-methyl/N-ethyl adjacent to an activating group) is 1. The lowest BCUT2D eigenvalue weighted by Crippen LogP contribution is -2.36. The number of anilines is 1. The fraction of sp³-hybridized carbons (Fsp3) is 0.333. The minimum Gasteiger partial charge on any atom is -0.340 e. The van der Waals surface area contributed by atoms with Crippen molar-refractivity contribution in [3.63, 3.8) is 0 Å². The highest BCUT2D eigenvalue weighted by molar-refractivity contribution is 6.01. The van der Waals surface area contributed by atoms with Crippen LogP contribution in [-0.2, 0) is 16.1 Å². The SMILES string of the molecule is Cc1nc(CN(C)C(=O)[C@@H]2CC(=O)Nc3ccc(F)cc32)no1. The van der Waals surface area contributed by atoms with Gasteiger partial charge in [0.15, 0.2) is 5.82 Å². The van der Waals surface area contributed by atoms with Gasteiger partial charge in [0.2, 0.25) is 17.7 Å². The van der Waals surface area contributed by atoms with Crippen LogP contribution in [0.3, 0.4) is 0 Å². The summed E-state index contributed by atoms with van der Waals surface area (Å²) in [5, 5.41) is 6.39. The third-order valence-electron chi connectivity index (χ3n) is 3.68. The first-order chi connectivity index (χ1) is 10.9. The van der Waals surface area contributed by atoms with Gasteiger partial charge in [0.05, 0.1) is 12.5 Å². The quantitative estimate of drug-likeness (QED) is 0.928. The standard InChI is InChI=1S/C15H15FN4O3/c1-8-17-13(19-23-8)7-20(2)15(22)11-6-14(21)18-12-4-3-9(16)5-10(11)12/h3-5,11H,6-7H2,1-2H3,(H,18,21)/t11-/m1/s1. The van der Waals surface area contributed by atoms with E-state index in [2.05, 4.69) is 15.5 Å². The Bertz CT molecular complexity index is 774. The summed E-state index contributed by atoms with van der Waals surface area (Å²) >= 11 is 0. The molecule has 2 heterocycles. The van der Waals surface area contributed by atoms with Crippen molar-refractivity contribution in [3.05, 3.63) is 41.3 Å². The predicted molar refractivity (Wildman–Crippen MR) is 77.9 cm³/mol. The van der Waals surface area contributed by atoms with E-state index in [-0.39, 0.29) is 24.8 Å². The second kappa shape index (κ2) is 5.79. The molecule has 1 aromatic heterocycles. The van der Waals surface area contributed by atoms with Crippen LogP contribution in [0.15, 0.2) is 22.7 Å². The van der Waals surface area contributed by atoms with E-state index in [1.165, 1.54) is 23.1 Å². The zero-order valence-electron chi connectivity index (χ0n) is 12.7. The van der Waals surface area contributed by atoms with E-state index in [0.717, 1.165) is 0 Å². The minimum atomic E-state index is -0.729. The predicted octanol–water partition coefficient (Wildman–Crippen LogP) is 1.60. The summed E-state index contributed by atoms with van der Waals surface area (Å²) in [6.07, 6.45) is -0.0229. The van der Waals surface area contributed by atoms with E-state index >= 15 is 0 Å². The van der Waals surface area contributed by atoms with Crippen molar-refractivity contribution in [1.29, 1.82) is 0 Å². The third-order valence-corrected chi connectivity index (χ3v) is 3.68. The summed E-state index contributed by atoms with van der Waals surface area (Å²) in [6, 6.07) is 3.99. The number of nitrogens with one attached hydrogen (secondary N) is 1. The normalized spacial score (nSPS) is 16.7. The van der Waals surface area contributed by atoms with E-state index in [1.807, 2.05) is 0 Å². The zero-order valence-corrected chi connectivity index (χ0v) is 12.7. The van der Waals surface area contributed by atoms with Gasteiger partial charge in [-0.3, -0.25) is 9.59 Å². The molecule has 7 nitrogen and oxygen atoms in total. The summed E-state index contributed by atoms with van der Waals surface area (Å²) in [5.41, 5.74) is 0.940. The molecular formula is C15H15FN4O3. The van der Waals surface area contributed by atoms with Gasteiger partial charge in [0.25, 0.3) is 0 Å². The van der Waals surface area contributed by atoms with Crippen LogP contribution >= 0.6 is 0 Å². The summed E-state index contributed by atoms with van der Waals surface area (Å²) < 4.78 is 18.4. The number of halogens is 1. The molecule has 2 aromatic rings. The molecule has 1 aliphatic heterocycles. The van der Waals surface area contributed by atoms with Gasteiger partial charge in [-0.15, -0.1) is 0 Å². The molecule has 8 heteroatoms. The molecule has 3 rings (SSSR count). The Labute approximate surface area is 131 Å². The topological polar surface area (TPSA) is 88.3 Å². The second-order valence-corrected chi connectivity index (χ2v) is 5.46. The Hall–Kier alpha value is -2.77. The van der Waals surface area contributed by atoms with Gasteiger partial charge in [0, 0.05) is 26.1 Å². The molecule has 1 aliphatic rings. The minimum absolute atomic E-state index is 0.0229. The number of aromatic nitrogens is 2. The largest absolute Gasteiger partial charge is 0.340 e. The Morgan fingerprint density at radius 1 is 1.52 bits per heavy atom. The van der Waals surface area contributed by atoms with E-state index in [1.54, 1.807) is 14.0 Å². The summed E-state index contributed by atoms with van der Waals surface area (Å²) in [4.78, 5) is 29.9. The molecule has 23 heavy (non-hydrogen) atoms. The first-order valence-corrected chi connectivity index (χ1v) is 7.07. The van der Waals surface area contributed by atoms with Crippen molar-refractivity contribution in [2.24, 2.45) is 0 Å². The molecule has 0 spiro atoms. The highest BCUT2D eigenvalue weighted by Crippen LogP contribution is 2.34. The van der Waals surface area contributed by atoms with Crippen LogP contribution in [0.25, 0.3) is 0 Å². The van der Waals surface area contributed by atoms with Gasteiger partial charge >= 0.3 is 0 Å². The number of hydrogen-bond acceptors (Lipinski definition) is 5. The number of amides is 2. The van der Waals surface area contributed by atoms with Crippen LogP contribution < -0.4 is 5.32 Å². The fourth-order valence-corrected chi connectivity index (χ4v) is 2.61. The highest BCUT2D eigenvalue weighted by atomic mass is 19.1. The van der Waals surface area contributed by atoms with Gasteiger partial charge in [0.1, 0.15) is 5.82 Å². The highest BCUT2D eigenvalue weighted by Gasteiger charge is 2.33. The molecule has 2 amide bonds. The molecule has 0 saturated heterocycles. The van der Waals surface area contributed by atoms with Crippen LogP contribution in [0.5, 0.6) is 0 Å². The molecule has 1 N–H and O–H groups in total. The van der Waals surface area contributed by atoms with Crippen LogP contribution in [0.1, 0.15) is 29.6 Å². The van der Waals surface area contributed by atoms with Gasteiger partial charge in [-0.1, -0.05) is 5.16 Å². The van der Waals surface area contributed by atoms with E-state index in [0.29, 0.717) is 23.0 Å². The van der Waals surface area contributed by atoms with Crippen LogP contribution in [-0.4, -0.2) is 33.9 Å². The van der Waals surface area contributed by atoms with Crippen LogP contribution in [0, 0.1) is 12.7 Å². The van der Waals surface area contributed by atoms with Crippen LogP contribution in [0.4, 0.5) is 10.1 Å². The Morgan fingerprint density at radius 2 is 2.30 bits per heavy atom. The first-order valence-electron chi connectivity index (χ1n) is 7.07. The number of nitrogens with zero attached hydrogens (tertiary/aromatic N) is 3. The van der Waals surface area contributed by atoms with Crippen molar-refractivity contribution < 1.29 is 18.5 Å². The maximum atomic E-state index is 13.5. The van der Waals surface area contributed by atoms with Crippen molar-refractivity contribution in [2.45, 2.75) is 25.8 Å². The molecule has 0 bridgehead atoms. The number of carbonyl (C=O) groups is 2. The summed E-state index contributed by atoms with van der Waals surface area (Å²) in [6.45, 7) is 1.81. The molecule has 0 radical (unpaired) electrons. The van der Waals surface area contributed by atoms with Gasteiger partial charge in [-0.25, -0.2) is 4.39 Å². The Balaban J connectivity index is 1.84. The Morgan fingerprint density at radius 3 is 3.00 bits per heavy atom. The average Bonchev–Trinajstić information content (AvgIpc) is 2.91. The van der Waals surface area contributed by atoms with Gasteiger partial charge < -0.3 is 14.7 Å². The number of benzene rings is 1. The Kier molecular flexibility index (Phi) is 3.81. The lowest BCUT2D eigenvalue weighted by molar-refractivity contribution is -0.134. The lowest BCUT2D eigenvalue weighted by Gasteiger charge is -2.28. The fourth-order valence-electron chi connectivity index (χ4n) is 2.61. The monoisotopic (exact) mass is 318 g/mol. The van der Waals surface area contributed by atoms with Crippen molar-refractivity contribution in [2.75, 3.05) is 12.4 Å². The summed E-state index contributed by atoms with van der Waals surface area (Å²) in [7, 11) is 1.58. The van der Waals surface area contributed by atoms with Crippen LogP contribution in [0.2, 0.25) is 0 Å². The van der Waals surface area contributed by atoms with E-state index in [4.69, 9.17) is 4.52 Å². The zero-order chi connectivity index (χ0) is 16.6. The number of carbonyl (C=O) groups excluding carboxylic acids is 2. The molecule has 0 unspecified atom stereocenters. The summed E-state index contributed by atoms with van der Waals surface area (Å²) in [5.74, 6) is -0.967. The van der Waals surface area contributed by atoms with Gasteiger partial charge in [-0.05, 0) is 23.8 Å². The molecule has 0 saturated carbocycles. The van der Waals surface area contributed by atoms with Crippen molar-refractivity contribution in [3.8, 4) is 0 Å².